The van der Waals surface area contributed by atoms with E-state index >= 15 is 0 Å². The van der Waals surface area contributed by atoms with Crippen LogP contribution in [0.1, 0.15) is 25.5 Å². The van der Waals surface area contributed by atoms with Crippen molar-refractivity contribution < 1.29 is 18.7 Å². The summed E-state index contributed by atoms with van der Waals surface area (Å²) in [4.78, 5) is 34.8. The lowest BCUT2D eigenvalue weighted by Crippen LogP contribution is -2.43. The molecule has 176 valence electrons. The molecular weight excluding hydrogens is 443 g/mol. The fourth-order valence-corrected chi connectivity index (χ4v) is 5.09. The second-order valence-electron chi connectivity index (χ2n) is 8.38. The molecule has 2 aliphatic rings. The van der Waals surface area contributed by atoms with E-state index in [9.17, 15) is 14.0 Å². The number of hydrogen-bond donors (Lipinski definition) is 0. The molecule has 0 spiro atoms. The molecule has 0 saturated carbocycles. The molecule has 2 amide bonds. The van der Waals surface area contributed by atoms with E-state index in [-0.39, 0.29) is 17.5 Å². The Kier molecular flexibility index (Phi) is 7.85. The predicted octanol–water partition coefficient (Wildman–Crippen LogP) is 3.55. The maximum Gasteiger partial charge on any atom is 0.246 e. The summed E-state index contributed by atoms with van der Waals surface area (Å²) in [6, 6.07) is 6.10. The van der Waals surface area contributed by atoms with Crippen LogP contribution in [0.25, 0.3) is 6.08 Å². The van der Waals surface area contributed by atoms with Crippen LogP contribution in [0.15, 0.2) is 35.7 Å². The molecule has 1 aromatic heterocycles. The van der Waals surface area contributed by atoms with Gasteiger partial charge in [0.25, 0.3) is 0 Å². The molecule has 33 heavy (non-hydrogen) atoms. The van der Waals surface area contributed by atoms with E-state index in [0.717, 1.165) is 58.8 Å². The minimum Gasteiger partial charge on any atom is -0.379 e. The molecule has 3 heterocycles. The summed E-state index contributed by atoms with van der Waals surface area (Å²) in [5, 5.41) is 2.12. The van der Waals surface area contributed by atoms with E-state index in [2.05, 4.69) is 9.88 Å². The Balaban J connectivity index is 1.33. The Hall–Kier alpha value is -2.62. The van der Waals surface area contributed by atoms with Crippen LogP contribution >= 0.6 is 11.3 Å². The first-order chi connectivity index (χ1) is 16.0. The Labute approximate surface area is 197 Å². The van der Waals surface area contributed by atoms with Gasteiger partial charge in [0.15, 0.2) is 5.13 Å². The van der Waals surface area contributed by atoms with Crippen molar-refractivity contribution in [2.75, 3.05) is 50.8 Å². The maximum absolute atomic E-state index is 14.2. The van der Waals surface area contributed by atoms with Crippen molar-refractivity contribution in [3.8, 4) is 0 Å². The zero-order valence-corrected chi connectivity index (χ0v) is 19.6. The van der Waals surface area contributed by atoms with Crippen molar-refractivity contribution in [1.29, 1.82) is 0 Å². The number of anilines is 2. The van der Waals surface area contributed by atoms with Crippen LogP contribution in [-0.4, -0.2) is 72.5 Å². The molecule has 0 bridgehead atoms. The molecule has 2 aliphatic heterocycles. The van der Waals surface area contributed by atoms with Gasteiger partial charge in [0.05, 0.1) is 24.6 Å². The first-order valence-corrected chi connectivity index (χ1v) is 12.2. The fourth-order valence-electron chi connectivity index (χ4n) is 4.24. The number of morpholine rings is 1. The molecule has 0 radical (unpaired) electrons. The number of likely N-dealkylation sites (tertiary alicyclic amines) is 1. The third kappa shape index (κ3) is 6.04. The van der Waals surface area contributed by atoms with Crippen LogP contribution in [0.2, 0.25) is 0 Å². The molecule has 1 aromatic carbocycles. The summed E-state index contributed by atoms with van der Waals surface area (Å²) in [5.41, 5.74) is 0.721. The number of nitrogens with zero attached hydrogens (tertiary/aromatic N) is 4. The Morgan fingerprint density at radius 2 is 1.94 bits per heavy atom. The molecule has 0 atom stereocenters. The molecule has 0 unspecified atom stereocenters. The van der Waals surface area contributed by atoms with Gasteiger partial charge in [-0.05, 0) is 37.0 Å². The van der Waals surface area contributed by atoms with Crippen molar-refractivity contribution >= 4 is 40.0 Å². The van der Waals surface area contributed by atoms with Crippen LogP contribution < -0.4 is 4.90 Å². The highest BCUT2D eigenvalue weighted by atomic mass is 32.1. The minimum absolute atomic E-state index is 0.0353. The minimum atomic E-state index is -0.493. The molecule has 2 aromatic rings. The molecule has 0 aliphatic carbocycles. The van der Waals surface area contributed by atoms with Crippen molar-refractivity contribution in [1.82, 2.24) is 14.8 Å². The lowest BCUT2D eigenvalue weighted by molar-refractivity contribution is -0.127. The van der Waals surface area contributed by atoms with E-state index in [0.29, 0.717) is 16.7 Å². The largest absolute Gasteiger partial charge is 0.379 e. The van der Waals surface area contributed by atoms with E-state index in [1.165, 1.54) is 35.3 Å². The first-order valence-electron chi connectivity index (χ1n) is 11.3. The van der Waals surface area contributed by atoms with Gasteiger partial charge in [-0.15, -0.1) is 11.3 Å². The predicted molar refractivity (Wildman–Crippen MR) is 127 cm³/mol. The molecular formula is C24H29FN4O3S. The van der Waals surface area contributed by atoms with Gasteiger partial charge in [-0.1, -0.05) is 12.1 Å². The topological polar surface area (TPSA) is 66.0 Å². The molecule has 2 fully saturated rings. The Morgan fingerprint density at radius 3 is 2.64 bits per heavy atom. The van der Waals surface area contributed by atoms with E-state index in [1.807, 2.05) is 4.90 Å². The smallest absolute Gasteiger partial charge is 0.246 e. The van der Waals surface area contributed by atoms with E-state index < -0.39 is 5.82 Å². The third-order valence-corrected chi connectivity index (χ3v) is 6.90. The molecule has 0 N–H and O–H groups in total. The average Bonchev–Trinajstić information content (AvgIpc) is 3.28. The Morgan fingerprint density at radius 1 is 1.21 bits per heavy atom. The summed E-state index contributed by atoms with van der Waals surface area (Å²) in [6.07, 6.45) is 5.20. The van der Waals surface area contributed by atoms with Gasteiger partial charge < -0.3 is 9.64 Å². The standard InChI is InChI=1S/C24H29FN4O3S/c1-18(30)29(22-5-3-2-4-21(22)25)24-26-20(17-33-24)6-7-23(31)28-10-8-19(9-11-28)16-27-12-14-32-15-13-27/h2-7,17,19H,8-16H2,1H3/b7-6+. The van der Waals surface area contributed by atoms with E-state index in [1.54, 1.807) is 29.7 Å². The third-order valence-electron chi connectivity index (χ3n) is 6.05. The first kappa shape index (κ1) is 23.5. The van der Waals surface area contributed by atoms with Gasteiger partial charge in [0, 0.05) is 51.1 Å². The number of thiazole rings is 1. The molecule has 4 rings (SSSR count). The number of hydrogen-bond acceptors (Lipinski definition) is 6. The van der Waals surface area contributed by atoms with Crippen molar-refractivity contribution in [3.63, 3.8) is 0 Å². The lowest BCUT2D eigenvalue weighted by Gasteiger charge is -2.35. The second-order valence-corrected chi connectivity index (χ2v) is 9.21. The maximum atomic E-state index is 14.2. The number of para-hydroxylation sites is 1. The van der Waals surface area contributed by atoms with Crippen molar-refractivity contribution in [3.05, 3.63) is 47.2 Å². The number of aromatic nitrogens is 1. The second kappa shape index (κ2) is 11.0. The number of ether oxygens (including phenoxy) is 1. The van der Waals surface area contributed by atoms with Crippen LogP contribution in [0.4, 0.5) is 15.2 Å². The van der Waals surface area contributed by atoms with Crippen LogP contribution in [-0.2, 0) is 14.3 Å². The summed E-state index contributed by atoms with van der Waals surface area (Å²) >= 11 is 1.23. The number of piperidine rings is 1. The molecule has 2 saturated heterocycles. The summed E-state index contributed by atoms with van der Waals surface area (Å²) in [5.74, 6) is -0.242. The highest BCUT2D eigenvalue weighted by Gasteiger charge is 2.24. The van der Waals surface area contributed by atoms with Gasteiger partial charge in [0.2, 0.25) is 11.8 Å². The lowest BCUT2D eigenvalue weighted by atomic mass is 9.96. The Bertz CT molecular complexity index is 997. The van der Waals surface area contributed by atoms with Crippen LogP contribution in [0, 0.1) is 11.7 Å². The summed E-state index contributed by atoms with van der Waals surface area (Å²) in [7, 11) is 0. The number of halogens is 1. The summed E-state index contributed by atoms with van der Waals surface area (Å²) < 4.78 is 19.6. The molecule has 9 heteroatoms. The van der Waals surface area contributed by atoms with Crippen LogP contribution in [0.5, 0.6) is 0 Å². The average molecular weight is 473 g/mol. The number of benzene rings is 1. The number of amides is 2. The quantitative estimate of drug-likeness (QED) is 0.602. The van der Waals surface area contributed by atoms with E-state index in [4.69, 9.17) is 4.74 Å². The van der Waals surface area contributed by atoms with Crippen molar-refractivity contribution in [2.45, 2.75) is 19.8 Å². The number of carbonyl (C=O) groups is 2. The number of carbonyl (C=O) groups excluding carboxylic acids is 2. The fraction of sp³-hybridized carbons (Fsp3) is 0.458. The normalized spacial score (nSPS) is 18.1. The van der Waals surface area contributed by atoms with Gasteiger partial charge in [-0.3, -0.25) is 19.4 Å². The SMILES string of the molecule is CC(=O)N(c1nc(/C=C/C(=O)N2CCC(CN3CCOCC3)CC2)cs1)c1ccccc1F. The monoisotopic (exact) mass is 472 g/mol. The highest BCUT2D eigenvalue weighted by Crippen LogP contribution is 2.31. The molecule has 7 nitrogen and oxygen atoms in total. The van der Waals surface area contributed by atoms with Gasteiger partial charge in [-0.25, -0.2) is 9.37 Å². The van der Waals surface area contributed by atoms with Gasteiger partial charge in [0.1, 0.15) is 5.82 Å². The van der Waals surface area contributed by atoms with Crippen molar-refractivity contribution in [2.24, 2.45) is 5.92 Å². The number of rotatable bonds is 6. The summed E-state index contributed by atoms with van der Waals surface area (Å²) in [6.45, 7) is 7.58. The zero-order valence-electron chi connectivity index (χ0n) is 18.8. The van der Waals surface area contributed by atoms with Crippen LogP contribution in [0.3, 0.4) is 0 Å². The van der Waals surface area contributed by atoms with Gasteiger partial charge in [-0.2, -0.15) is 0 Å². The highest BCUT2D eigenvalue weighted by molar-refractivity contribution is 7.14. The zero-order chi connectivity index (χ0) is 23.2. The van der Waals surface area contributed by atoms with Gasteiger partial charge >= 0.3 is 0 Å².